The minimum Gasteiger partial charge on any atom is -0.0657 e. The first kappa shape index (κ1) is 30.9. The molecule has 0 nitrogen and oxygen atoms in total. The fourth-order valence-corrected chi connectivity index (χ4v) is 8.87. The Morgan fingerprint density at radius 1 is 0.347 bits per heavy atom. The second kappa shape index (κ2) is 12.2. The van der Waals surface area contributed by atoms with E-state index in [9.17, 15) is 0 Å². The molecule has 0 amide bonds. The summed E-state index contributed by atoms with van der Waals surface area (Å²) in [7, 11) is 0. The van der Waals surface area contributed by atoms with Crippen LogP contribution < -0.4 is 16.4 Å². The van der Waals surface area contributed by atoms with Crippen molar-refractivity contribution in [2.24, 2.45) is 0 Å². The molecule has 236 valence electrons. The average Bonchev–Trinajstić information content (AvgIpc) is 3.09. The van der Waals surface area contributed by atoms with E-state index in [1.807, 2.05) is 0 Å². The molecule has 49 heavy (non-hydrogen) atoms. The minimum absolute atomic E-state index is 0.106. The van der Waals surface area contributed by atoms with Crippen molar-refractivity contribution in [3.8, 4) is 22.3 Å². The highest BCUT2D eigenvalue weighted by atomic mass is 14.2. The molecule has 0 fully saturated rings. The van der Waals surface area contributed by atoms with Gasteiger partial charge in [0.2, 0.25) is 6.71 Å². The third-order valence-corrected chi connectivity index (χ3v) is 10.6. The van der Waals surface area contributed by atoms with Crippen LogP contribution in [0.3, 0.4) is 0 Å². The highest BCUT2D eigenvalue weighted by molar-refractivity contribution is 6.98. The Hall–Kier alpha value is -5.40. The SMILES string of the molecule is Cc1cc(C)c(B(c2c(C)cc(C)cc2C)c2ccc(-c3c4ccccc4c(-c4ccccc4)c4ccccc34)c3ccccc23)c(C)c1. The van der Waals surface area contributed by atoms with Gasteiger partial charge in [-0.05, 0) is 96.1 Å². The van der Waals surface area contributed by atoms with E-state index in [0.29, 0.717) is 0 Å². The van der Waals surface area contributed by atoms with Gasteiger partial charge in [0.05, 0.1) is 0 Å². The van der Waals surface area contributed by atoms with Gasteiger partial charge < -0.3 is 0 Å². The van der Waals surface area contributed by atoms with Crippen molar-refractivity contribution in [1.29, 1.82) is 0 Å². The van der Waals surface area contributed by atoms with Gasteiger partial charge in [0.25, 0.3) is 0 Å². The predicted molar refractivity (Wildman–Crippen MR) is 216 cm³/mol. The van der Waals surface area contributed by atoms with Gasteiger partial charge in [-0.2, -0.15) is 0 Å². The standard InChI is InChI=1S/C48H41B/c1-30-26-32(3)47(33(4)27-30)49(48-34(5)28-31(2)29-35(48)6)44-25-24-43(37-18-10-11-19-38(37)44)46-41-22-14-12-20-39(41)45(36-16-8-7-9-17-36)40-21-13-15-23-42(40)46/h7-29H,1-6H3. The fourth-order valence-electron chi connectivity index (χ4n) is 8.87. The monoisotopic (exact) mass is 628 g/mol. The summed E-state index contributed by atoms with van der Waals surface area (Å²) in [4.78, 5) is 0. The largest absolute Gasteiger partial charge is 0.243 e. The van der Waals surface area contributed by atoms with Crippen molar-refractivity contribution in [2.45, 2.75) is 41.5 Å². The Morgan fingerprint density at radius 2 is 0.735 bits per heavy atom. The normalized spacial score (nSPS) is 11.5. The Morgan fingerprint density at radius 3 is 1.20 bits per heavy atom. The Balaban J connectivity index is 1.47. The molecular formula is C48H41B. The second-order valence-corrected chi connectivity index (χ2v) is 14.0. The summed E-state index contributed by atoms with van der Waals surface area (Å²) < 4.78 is 0. The van der Waals surface area contributed by atoms with Crippen LogP contribution in [-0.4, -0.2) is 6.71 Å². The molecule has 0 aliphatic heterocycles. The highest BCUT2D eigenvalue weighted by Crippen LogP contribution is 2.45. The summed E-state index contributed by atoms with van der Waals surface area (Å²) in [5.74, 6) is 0. The quantitative estimate of drug-likeness (QED) is 0.131. The maximum atomic E-state index is 2.44. The summed E-state index contributed by atoms with van der Waals surface area (Å²) in [6.45, 7) is 13.7. The molecule has 0 spiro atoms. The highest BCUT2D eigenvalue weighted by Gasteiger charge is 2.30. The lowest BCUT2D eigenvalue weighted by molar-refractivity contribution is 1.34. The Kier molecular flexibility index (Phi) is 7.72. The van der Waals surface area contributed by atoms with Crippen LogP contribution in [0, 0.1) is 41.5 Å². The molecule has 0 saturated heterocycles. The maximum absolute atomic E-state index is 2.44. The van der Waals surface area contributed by atoms with Crippen molar-refractivity contribution in [3.63, 3.8) is 0 Å². The van der Waals surface area contributed by atoms with Crippen LogP contribution in [0.5, 0.6) is 0 Å². The zero-order chi connectivity index (χ0) is 33.8. The predicted octanol–water partition coefficient (Wildman–Crippen LogP) is 10.8. The molecule has 8 aromatic carbocycles. The lowest BCUT2D eigenvalue weighted by Crippen LogP contribution is -2.56. The summed E-state index contributed by atoms with van der Waals surface area (Å²) in [5.41, 5.74) is 17.3. The van der Waals surface area contributed by atoms with E-state index in [0.717, 1.165) is 0 Å². The lowest BCUT2D eigenvalue weighted by atomic mass is 9.33. The summed E-state index contributed by atoms with van der Waals surface area (Å²) in [6, 6.07) is 52.2. The van der Waals surface area contributed by atoms with Gasteiger partial charge in [-0.25, -0.2) is 0 Å². The van der Waals surface area contributed by atoms with Crippen molar-refractivity contribution >= 4 is 55.4 Å². The average molecular weight is 629 g/mol. The van der Waals surface area contributed by atoms with Crippen LogP contribution >= 0.6 is 0 Å². The number of aryl methyl sites for hydroxylation is 6. The molecule has 0 unspecified atom stereocenters. The molecule has 0 bridgehead atoms. The second-order valence-electron chi connectivity index (χ2n) is 14.0. The first-order chi connectivity index (χ1) is 23.8. The van der Waals surface area contributed by atoms with E-state index >= 15 is 0 Å². The van der Waals surface area contributed by atoms with Crippen molar-refractivity contribution in [3.05, 3.63) is 173 Å². The molecule has 0 saturated carbocycles. The van der Waals surface area contributed by atoms with Gasteiger partial charge in [0.1, 0.15) is 0 Å². The lowest BCUT2D eigenvalue weighted by Gasteiger charge is -2.26. The van der Waals surface area contributed by atoms with Crippen LogP contribution in [0.1, 0.15) is 33.4 Å². The van der Waals surface area contributed by atoms with E-state index in [1.54, 1.807) is 0 Å². The molecular weight excluding hydrogens is 587 g/mol. The number of rotatable bonds is 5. The van der Waals surface area contributed by atoms with Crippen LogP contribution in [-0.2, 0) is 0 Å². The molecule has 0 aliphatic carbocycles. The number of fused-ring (bicyclic) bond motifs is 3. The van der Waals surface area contributed by atoms with Gasteiger partial charge in [-0.1, -0.05) is 189 Å². The van der Waals surface area contributed by atoms with Gasteiger partial charge in [-0.3, -0.25) is 0 Å². The third-order valence-electron chi connectivity index (χ3n) is 10.6. The maximum Gasteiger partial charge on any atom is 0.243 e. The van der Waals surface area contributed by atoms with Crippen LogP contribution in [0.2, 0.25) is 0 Å². The first-order valence-electron chi connectivity index (χ1n) is 17.5. The zero-order valence-corrected chi connectivity index (χ0v) is 29.4. The molecule has 8 rings (SSSR count). The molecule has 0 aromatic heterocycles. The van der Waals surface area contributed by atoms with E-state index in [1.165, 1.54) is 104 Å². The minimum atomic E-state index is 0.106. The van der Waals surface area contributed by atoms with Gasteiger partial charge in [-0.15, -0.1) is 0 Å². The van der Waals surface area contributed by atoms with Crippen molar-refractivity contribution in [2.75, 3.05) is 0 Å². The van der Waals surface area contributed by atoms with Crippen LogP contribution in [0.4, 0.5) is 0 Å². The van der Waals surface area contributed by atoms with Gasteiger partial charge >= 0.3 is 0 Å². The Bertz CT molecular complexity index is 2390. The molecule has 0 aliphatic rings. The topological polar surface area (TPSA) is 0 Å². The van der Waals surface area contributed by atoms with Gasteiger partial charge in [0.15, 0.2) is 0 Å². The molecule has 0 N–H and O–H groups in total. The molecule has 0 atom stereocenters. The number of hydrogen-bond acceptors (Lipinski definition) is 0. The number of benzene rings is 8. The summed E-state index contributed by atoms with van der Waals surface area (Å²) >= 11 is 0. The van der Waals surface area contributed by atoms with Crippen LogP contribution in [0.25, 0.3) is 54.6 Å². The van der Waals surface area contributed by atoms with Crippen molar-refractivity contribution < 1.29 is 0 Å². The van der Waals surface area contributed by atoms with E-state index in [2.05, 4.69) is 181 Å². The first-order valence-corrected chi connectivity index (χ1v) is 17.5. The van der Waals surface area contributed by atoms with Crippen molar-refractivity contribution in [1.82, 2.24) is 0 Å². The number of hydrogen-bond donors (Lipinski definition) is 0. The Labute approximate surface area is 291 Å². The van der Waals surface area contributed by atoms with Gasteiger partial charge in [0, 0.05) is 0 Å². The smallest absolute Gasteiger partial charge is 0.0657 e. The van der Waals surface area contributed by atoms with Crippen LogP contribution in [0.15, 0.2) is 140 Å². The van der Waals surface area contributed by atoms with E-state index in [4.69, 9.17) is 0 Å². The molecule has 1 heteroatoms. The molecule has 0 heterocycles. The van der Waals surface area contributed by atoms with E-state index in [-0.39, 0.29) is 6.71 Å². The van der Waals surface area contributed by atoms with E-state index < -0.39 is 0 Å². The fraction of sp³-hybridized carbons (Fsp3) is 0.125. The molecule has 8 aromatic rings. The zero-order valence-electron chi connectivity index (χ0n) is 29.4. The third kappa shape index (κ3) is 5.17. The molecule has 0 radical (unpaired) electrons. The summed E-state index contributed by atoms with van der Waals surface area (Å²) in [6.07, 6.45) is 0. The summed E-state index contributed by atoms with van der Waals surface area (Å²) in [5, 5.41) is 7.73.